The maximum atomic E-state index is 14.2. The molecule has 42 heavy (non-hydrogen) atoms. The van der Waals surface area contributed by atoms with E-state index in [9.17, 15) is 13.2 Å². The molecule has 7 heteroatoms. The average Bonchev–Trinajstić information content (AvgIpc) is 3.03. The summed E-state index contributed by atoms with van der Waals surface area (Å²) in [5, 5.41) is 3.20. The zero-order valence-corrected chi connectivity index (χ0v) is 24.3. The first-order chi connectivity index (χ1) is 20.4. The van der Waals surface area contributed by atoms with Crippen LogP contribution in [0.2, 0.25) is 0 Å². The van der Waals surface area contributed by atoms with Gasteiger partial charge < -0.3 is 10.1 Å². The van der Waals surface area contributed by atoms with Gasteiger partial charge in [0.2, 0.25) is 0 Å². The van der Waals surface area contributed by atoms with Gasteiger partial charge in [0.05, 0.1) is 35.8 Å². The predicted octanol–water partition coefficient (Wildman–Crippen LogP) is 6.92. The van der Waals surface area contributed by atoms with Crippen LogP contribution in [0.25, 0.3) is 0 Å². The highest BCUT2D eigenvalue weighted by Crippen LogP contribution is 2.32. The minimum Gasteiger partial charge on any atom is -0.497 e. The summed E-state index contributed by atoms with van der Waals surface area (Å²) in [5.74, 6) is 0.164. The summed E-state index contributed by atoms with van der Waals surface area (Å²) in [6, 6.07) is 39.6. The van der Waals surface area contributed by atoms with Gasteiger partial charge in [-0.2, -0.15) is 0 Å². The quantitative estimate of drug-likeness (QED) is 0.196. The van der Waals surface area contributed by atoms with Crippen LogP contribution in [0.1, 0.15) is 38.7 Å². The van der Waals surface area contributed by atoms with Gasteiger partial charge in [-0.05, 0) is 65.6 Å². The fourth-order valence-electron chi connectivity index (χ4n) is 4.91. The summed E-state index contributed by atoms with van der Waals surface area (Å²) in [6.07, 6.45) is 0. The summed E-state index contributed by atoms with van der Waals surface area (Å²) in [5.41, 5.74) is 4.23. The minimum absolute atomic E-state index is 0.0411. The lowest BCUT2D eigenvalue weighted by molar-refractivity contribution is 0.0943. The highest BCUT2D eigenvalue weighted by atomic mass is 32.2. The van der Waals surface area contributed by atoms with Gasteiger partial charge in [0.1, 0.15) is 5.75 Å². The Balaban J connectivity index is 1.58. The molecule has 0 spiro atoms. The number of amides is 1. The van der Waals surface area contributed by atoms with E-state index in [1.54, 1.807) is 36.4 Å². The standard InChI is InChI=1S/C35H32N2O4S/c1-26-13-9-10-18-31(26)34(28-16-7-4-8-17-28)36-35(38)32-19-11-12-20-33(32)37(25-27-14-5-3-6-15-27)42(39,40)30-23-21-29(41-2)22-24-30/h3-24,34H,25H2,1-2H3,(H,36,38)/t34-/m1/s1. The number of sulfonamides is 1. The number of carbonyl (C=O) groups excluding carboxylic acids is 1. The van der Waals surface area contributed by atoms with E-state index in [0.29, 0.717) is 5.75 Å². The number of methoxy groups -OCH3 is 1. The second kappa shape index (κ2) is 12.7. The smallest absolute Gasteiger partial charge is 0.264 e. The van der Waals surface area contributed by atoms with Gasteiger partial charge in [-0.25, -0.2) is 8.42 Å². The highest BCUT2D eigenvalue weighted by Gasteiger charge is 2.30. The number of hydrogen-bond donors (Lipinski definition) is 1. The SMILES string of the molecule is COc1ccc(S(=O)(=O)N(Cc2ccccc2)c2ccccc2C(=O)N[C@H](c2ccccc2)c2ccccc2C)cc1. The van der Waals surface area contributed by atoms with Gasteiger partial charge in [0.25, 0.3) is 15.9 Å². The van der Waals surface area contributed by atoms with Crippen molar-refractivity contribution in [1.82, 2.24) is 5.32 Å². The van der Waals surface area contributed by atoms with E-state index >= 15 is 0 Å². The monoisotopic (exact) mass is 576 g/mol. The third-order valence-corrected chi connectivity index (χ3v) is 8.92. The maximum Gasteiger partial charge on any atom is 0.264 e. The number of anilines is 1. The number of rotatable bonds is 10. The molecule has 0 unspecified atom stereocenters. The van der Waals surface area contributed by atoms with Crippen molar-refractivity contribution in [2.75, 3.05) is 11.4 Å². The molecular weight excluding hydrogens is 544 g/mol. The number of para-hydroxylation sites is 1. The third-order valence-electron chi connectivity index (χ3n) is 7.14. The molecule has 212 valence electrons. The van der Waals surface area contributed by atoms with E-state index in [1.807, 2.05) is 91.9 Å². The van der Waals surface area contributed by atoms with Crippen LogP contribution >= 0.6 is 0 Å². The molecule has 0 aliphatic heterocycles. The number of ether oxygens (including phenoxy) is 1. The lowest BCUT2D eigenvalue weighted by Crippen LogP contribution is -2.35. The lowest BCUT2D eigenvalue weighted by atomic mass is 9.94. The number of nitrogens with zero attached hydrogens (tertiary/aromatic N) is 1. The molecule has 1 N–H and O–H groups in total. The van der Waals surface area contributed by atoms with Crippen molar-refractivity contribution < 1.29 is 17.9 Å². The Kier molecular flexibility index (Phi) is 8.69. The van der Waals surface area contributed by atoms with E-state index in [0.717, 1.165) is 22.3 Å². The van der Waals surface area contributed by atoms with E-state index < -0.39 is 16.1 Å². The molecule has 0 heterocycles. The first-order valence-electron chi connectivity index (χ1n) is 13.6. The Morgan fingerprint density at radius 1 is 0.762 bits per heavy atom. The van der Waals surface area contributed by atoms with Crippen LogP contribution in [0, 0.1) is 6.92 Å². The van der Waals surface area contributed by atoms with Crippen LogP contribution < -0.4 is 14.4 Å². The molecule has 0 fully saturated rings. The number of nitrogens with one attached hydrogen (secondary N) is 1. The second-order valence-electron chi connectivity index (χ2n) is 9.86. The first-order valence-corrected chi connectivity index (χ1v) is 15.0. The van der Waals surface area contributed by atoms with Crippen LogP contribution in [0.4, 0.5) is 5.69 Å². The van der Waals surface area contributed by atoms with Crippen LogP contribution in [0.15, 0.2) is 138 Å². The van der Waals surface area contributed by atoms with Gasteiger partial charge in [-0.1, -0.05) is 97.1 Å². The number of aryl methyl sites for hydroxylation is 1. The van der Waals surface area contributed by atoms with E-state index in [2.05, 4.69) is 5.32 Å². The van der Waals surface area contributed by atoms with Crippen LogP contribution in [0.3, 0.4) is 0 Å². The normalized spacial score (nSPS) is 11.9. The van der Waals surface area contributed by atoms with Gasteiger partial charge >= 0.3 is 0 Å². The molecule has 0 saturated carbocycles. The zero-order valence-electron chi connectivity index (χ0n) is 23.5. The number of hydrogen-bond acceptors (Lipinski definition) is 4. The number of benzene rings is 5. The molecule has 0 aliphatic rings. The van der Waals surface area contributed by atoms with E-state index in [-0.39, 0.29) is 28.6 Å². The molecule has 0 radical (unpaired) electrons. The van der Waals surface area contributed by atoms with Crippen molar-refractivity contribution in [3.8, 4) is 5.75 Å². The molecule has 0 bridgehead atoms. The van der Waals surface area contributed by atoms with Crippen molar-refractivity contribution in [2.45, 2.75) is 24.4 Å². The number of carbonyl (C=O) groups is 1. The molecule has 5 aromatic rings. The Hall–Kier alpha value is -4.88. The molecule has 5 rings (SSSR count). The van der Waals surface area contributed by atoms with E-state index in [4.69, 9.17) is 4.74 Å². The summed E-state index contributed by atoms with van der Waals surface area (Å²) >= 11 is 0. The average molecular weight is 577 g/mol. The highest BCUT2D eigenvalue weighted by molar-refractivity contribution is 7.92. The summed E-state index contributed by atoms with van der Waals surface area (Å²) in [4.78, 5) is 14.2. The molecule has 0 saturated heterocycles. The van der Waals surface area contributed by atoms with Crippen LogP contribution in [0.5, 0.6) is 5.75 Å². The van der Waals surface area contributed by atoms with Gasteiger partial charge in [-0.3, -0.25) is 9.10 Å². The molecule has 0 aromatic heterocycles. The fourth-order valence-corrected chi connectivity index (χ4v) is 6.38. The fraction of sp³-hybridized carbons (Fsp3) is 0.114. The van der Waals surface area contributed by atoms with Gasteiger partial charge in [0.15, 0.2) is 0 Å². The largest absolute Gasteiger partial charge is 0.497 e. The van der Waals surface area contributed by atoms with Crippen molar-refractivity contribution in [3.63, 3.8) is 0 Å². The molecule has 5 aromatic carbocycles. The zero-order chi connectivity index (χ0) is 29.5. The molecule has 1 amide bonds. The van der Waals surface area contributed by atoms with Crippen molar-refractivity contribution in [2.24, 2.45) is 0 Å². The molecule has 0 aliphatic carbocycles. The molecule has 1 atom stereocenters. The third kappa shape index (κ3) is 6.21. The Labute approximate surface area is 247 Å². The summed E-state index contributed by atoms with van der Waals surface area (Å²) < 4.78 is 34.9. The van der Waals surface area contributed by atoms with Gasteiger partial charge in [0, 0.05) is 0 Å². The second-order valence-corrected chi connectivity index (χ2v) is 11.7. The summed E-state index contributed by atoms with van der Waals surface area (Å²) in [7, 11) is -2.55. The Morgan fingerprint density at radius 2 is 1.36 bits per heavy atom. The van der Waals surface area contributed by atoms with Crippen molar-refractivity contribution in [3.05, 3.63) is 161 Å². The van der Waals surface area contributed by atoms with Gasteiger partial charge in [-0.15, -0.1) is 0 Å². The minimum atomic E-state index is -4.08. The van der Waals surface area contributed by atoms with E-state index in [1.165, 1.54) is 23.5 Å². The lowest BCUT2D eigenvalue weighted by Gasteiger charge is -2.28. The maximum absolute atomic E-state index is 14.2. The van der Waals surface area contributed by atoms with Crippen molar-refractivity contribution >= 4 is 21.6 Å². The van der Waals surface area contributed by atoms with Crippen molar-refractivity contribution in [1.29, 1.82) is 0 Å². The topological polar surface area (TPSA) is 75.7 Å². The first kappa shape index (κ1) is 28.6. The molecule has 6 nitrogen and oxygen atoms in total. The van der Waals surface area contributed by atoms with Crippen LogP contribution in [-0.4, -0.2) is 21.4 Å². The predicted molar refractivity (Wildman–Crippen MR) is 166 cm³/mol. The summed E-state index contributed by atoms with van der Waals surface area (Å²) in [6.45, 7) is 2.05. The van der Waals surface area contributed by atoms with Crippen LogP contribution in [-0.2, 0) is 16.6 Å². The Bertz CT molecular complexity index is 1760. The Morgan fingerprint density at radius 3 is 2.02 bits per heavy atom. The molecular formula is C35H32N2O4S.